The Kier molecular flexibility index (Phi) is 4.38. The summed E-state index contributed by atoms with van der Waals surface area (Å²) in [5.74, 6) is 0. The summed E-state index contributed by atoms with van der Waals surface area (Å²) < 4.78 is 7.48. The predicted octanol–water partition coefficient (Wildman–Crippen LogP) is 1.90. The van der Waals surface area contributed by atoms with E-state index in [0.717, 1.165) is 0 Å². The molecule has 1 aromatic heterocycles. The summed E-state index contributed by atoms with van der Waals surface area (Å²) in [6.45, 7) is 0.820. The van der Waals surface area contributed by atoms with Crippen LogP contribution in [0.15, 0.2) is 72.1 Å². The summed E-state index contributed by atoms with van der Waals surface area (Å²) in [6.07, 6.45) is 12.5. The largest absolute Gasteiger partial charge is 0.323 e. The van der Waals surface area contributed by atoms with Gasteiger partial charge in [0, 0.05) is 18.3 Å². The average Bonchev–Trinajstić information content (AvgIpc) is 2.42. The zero-order valence-electron chi connectivity index (χ0n) is 9.85. The van der Waals surface area contributed by atoms with Crippen LogP contribution in [0.25, 0.3) is 0 Å². The van der Waals surface area contributed by atoms with Gasteiger partial charge in [-0.05, 0) is 17.3 Å². The lowest BCUT2D eigenvalue weighted by molar-refractivity contribution is -0.733. The Bertz CT molecular complexity index is 480. The molecule has 0 unspecified atom stereocenters. The average molecular weight is 244 g/mol. The minimum Gasteiger partial charge on any atom is -0.323 e. The number of hydrogen-bond acceptors (Lipinski definition) is 4. The first-order valence-electron chi connectivity index (χ1n) is 5.56. The van der Waals surface area contributed by atoms with Gasteiger partial charge in [0.15, 0.2) is 12.4 Å². The van der Waals surface area contributed by atoms with Crippen LogP contribution in [-0.2, 0) is 11.5 Å². The maximum absolute atomic E-state index is 10.3. The second-order valence-corrected chi connectivity index (χ2v) is 3.68. The van der Waals surface area contributed by atoms with Gasteiger partial charge in [-0.3, -0.25) is 0 Å². The second-order valence-electron chi connectivity index (χ2n) is 3.68. The SMILES string of the molecule is O=N/C=C1/C=CC=CN1COC[n+]1ccccc1. The van der Waals surface area contributed by atoms with E-state index in [1.165, 1.54) is 6.20 Å². The third kappa shape index (κ3) is 3.36. The molecule has 0 fully saturated rings. The molecule has 18 heavy (non-hydrogen) atoms. The predicted molar refractivity (Wildman–Crippen MR) is 66.6 cm³/mol. The number of nitroso groups, excluding NO2 is 1. The van der Waals surface area contributed by atoms with Crippen LogP contribution < -0.4 is 4.57 Å². The van der Waals surface area contributed by atoms with E-state index in [9.17, 15) is 4.91 Å². The number of aromatic nitrogens is 1. The van der Waals surface area contributed by atoms with Crippen LogP contribution in [0, 0.1) is 4.91 Å². The highest BCUT2D eigenvalue weighted by molar-refractivity contribution is 5.27. The molecule has 2 heterocycles. The summed E-state index contributed by atoms with van der Waals surface area (Å²) in [5.41, 5.74) is 0.713. The summed E-state index contributed by atoms with van der Waals surface area (Å²) in [4.78, 5) is 12.1. The first-order valence-corrected chi connectivity index (χ1v) is 5.56. The third-order valence-corrected chi connectivity index (χ3v) is 2.41. The maximum Gasteiger partial charge on any atom is 0.254 e. The van der Waals surface area contributed by atoms with E-state index in [1.807, 2.05) is 58.4 Å². The van der Waals surface area contributed by atoms with Crippen LogP contribution in [0.3, 0.4) is 0 Å². The lowest BCUT2D eigenvalue weighted by Gasteiger charge is -2.21. The summed E-state index contributed by atoms with van der Waals surface area (Å²) in [7, 11) is 0. The molecule has 2 rings (SSSR count). The van der Waals surface area contributed by atoms with Gasteiger partial charge in [0.05, 0.1) is 11.9 Å². The molecule has 0 bridgehead atoms. The molecule has 0 N–H and O–H groups in total. The van der Waals surface area contributed by atoms with Gasteiger partial charge in [-0.15, -0.1) is 4.91 Å². The molecule has 92 valence electrons. The molecule has 0 atom stereocenters. The number of ether oxygens (including phenoxy) is 1. The molecule has 0 saturated heterocycles. The number of allylic oxidation sites excluding steroid dienone is 3. The standard InChI is InChI=1S/C13H14N3O2/c17-14-10-13-6-2-5-9-16(13)12-18-11-15-7-3-1-4-8-15/h1-10H,11-12H2/q+1/b13-10-. The minimum atomic E-state index is 0.365. The third-order valence-electron chi connectivity index (χ3n) is 2.41. The molecule has 5 nitrogen and oxygen atoms in total. The summed E-state index contributed by atoms with van der Waals surface area (Å²) in [5, 5.41) is 2.78. The first kappa shape index (κ1) is 12.2. The Labute approximate surface area is 105 Å². The Morgan fingerprint density at radius 3 is 2.89 bits per heavy atom. The van der Waals surface area contributed by atoms with E-state index in [1.54, 1.807) is 6.08 Å². The normalized spacial score (nSPS) is 16.2. The fourth-order valence-corrected chi connectivity index (χ4v) is 1.54. The van der Waals surface area contributed by atoms with E-state index < -0.39 is 0 Å². The lowest BCUT2D eigenvalue weighted by atomic mass is 10.3. The molecule has 5 heteroatoms. The number of pyridine rings is 1. The van der Waals surface area contributed by atoms with Crippen LogP contribution in [0.1, 0.15) is 0 Å². The fraction of sp³-hybridized carbons (Fsp3) is 0.154. The molecular formula is C13H14N3O2+. The van der Waals surface area contributed by atoms with E-state index in [-0.39, 0.29) is 0 Å². The summed E-state index contributed by atoms with van der Waals surface area (Å²) >= 11 is 0. The van der Waals surface area contributed by atoms with Gasteiger partial charge in [0.2, 0.25) is 0 Å². The highest BCUT2D eigenvalue weighted by Gasteiger charge is 2.08. The Morgan fingerprint density at radius 2 is 2.11 bits per heavy atom. The highest BCUT2D eigenvalue weighted by Crippen LogP contribution is 2.11. The van der Waals surface area contributed by atoms with Gasteiger partial charge in [-0.2, -0.15) is 4.57 Å². The van der Waals surface area contributed by atoms with Crippen molar-refractivity contribution in [2.75, 3.05) is 6.73 Å². The molecule has 0 aromatic carbocycles. The van der Waals surface area contributed by atoms with Crippen molar-refractivity contribution >= 4 is 0 Å². The smallest absolute Gasteiger partial charge is 0.254 e. The highest BCUT2D eigenvalue weighted by atomic mass is 16.5. The fourth-order valence-electron chi connectivity index (χ4n) is 1.54. The van der Waals surface area contributed by atoms with Crippen LogP contribution in [0.4, 0.5) is 0 Å². The molecule has 0 spiro atoms. The number of rotatable bonds is 5. The lowest BCUT2D eigenvalue weighted by Crippen LogP contribution is -2.35. The number of hydrogen-bond donors (Lipinski definition) is 0. The van der Waals surface area contributed by atoms with Crippen molar-refractivity contribution in [1.29, 1.82) is 0 Å². The quantitative estimate of drug-likeness (QED) is 0.587. The van der Waals surface area contributed by atoms with E-state index in [2.05, 4.69) is 5.18 Å². The van der Waals surface area contributed by atoms with Gasteiger partial charge < -0.3 is 9.64 Å². The number of nitrogens with zero attached hydrogens (tertiary/aromatic N) is 3. The maximum atomic E-state index is 10.3. The first-order chi connectivity index (χ1) is 8.90. The molecule has 0 aliphatic carbocycles. The van der Waals surface area contributed by atoms with Crippen LogP contribution in [0.2, 0.25) is 0 Å². The minimum absolute atomic E-state index is 0.365. The van der Waals surface area contributed by atoms with Crippen molar-refractivity contribution in [3.8, 4) is 0 Å². The Hall–Kier alpha value is -2.27. The van der Waals surface area contributed by atoms with Crippen LogP contribution >= 0.6 is 0 Å². The van der Waals surface area contributed by atoms with Crippen molar-refractivity contribution in [2.24, 2.45) is 5.18 Å². The van der Waals surface area contributed by atoms with Crippen molar-refractivity contribution in [2.45, 2.75) is 6.73 Å². The molecule has 0 amide bonds. The van der Waals surface area contributed by atoms with Crippen LogP contribution in [-0.4, -0.2) is 11.6 Å². The van der Waals surface area contributed by atoms with Gasteiger partial charge in [-0.1, -0.05) is 12.1 Å². The molecule has 1 aliphatic rings. The molecule has 1 aliphatic heterocycles. The van der Waals surface area contributed by atoms with Crippen molar-refractivity contribution < 1.29 is 9.30 Å². The van der Waals surface area contributed by atoms with E-state index in [4.69, 9.17) is 4.74 Å². The van der Waals surface area contributed by atoms with Gasteiger partial charge in [-0.25, -0.2) is 0 Å². The zero-order valence-corrected chi connectivity index (χ0v) is 9.85. The summed E-state index contributed by atoms with van der Waals surface area (Å²) in [6, 6.07) is 5.83. The van der Waals surface area contributed by atoms with Crippen LogP contribution in [0.5, 0.6) is 0 Å². The van der Waals surface area contributed by atoms with Crippen molar-refractivity contribution in [3.05, 3.63) is 71.8 Å². The van der Waals surface area contributed by atoms with E-state index >= 15 is 0 Å². The molecule has 0 radical (unpaired) electrons. The van der Waals surface area contributed by atoms with Crippen molar-refractivity contribution in [1.82, 2.24) is 4.90 Å². The van der Waals surface area contributed by atoms with Gasteiger partial charge in [0.25, 0.3) is 6.73 Å². The zero-order chi connectivity index (χ0) is 12.6. The second kappa shape index (κ2) is 6.46. The van der Waals surface area contributed by atoms with Gasteiger partial charge in [0.1, 0.15) is 6.73 Å². The topological polar surface area (TPSA) is 45.8 Å². The van der Waals surface area contributed by atoms with Crippen molar-refractivity contribution in [3.63, 3.8) is 0 Å². The van der Waals surface area contributed by atoms with Gasteiger partial charge >= 0.3 is 0 Å². The molecular weight excluding hydrogens is 230 g/mol. The monoisotopic (exact) mass is 244 g/mol. The molecule has 0 saturated carbocycles. The Balaban J connectivity index is 1.86. The molecule has 1 aromatic rings. The Morgan fingerprint density at radius 1 is 1.28 bits per heavy atom. The van der Waals surface area contributed by atoms with E-state index in [0.29, 0.717) is 19.2 Å².